The summed E-state index contributed by atoms with van der Waals surface area (Å²) in [4.78, 5) is 22.6. The molecule has 1 atom stereocenters. The molecule has 0 amide bonds. The van der Waals surface area contributed by atoms with Gasteiger partial charge in [0.1, 0.15) is 5.78 Å². The van der Waals surface area contributed by atoms with Gasteiger partial charge in [-0.05, 0) is 18.4 Å². The minimum Gasteiger partial charge on any atom is -0.481 e. The van der Waals surface area contributed by atoms with Crippen LogP contribution in [0.25, 0.3) is 0 Å². The van der Waals surface area contributed by atoms with E-state index in [1.807, 2.05) is 25.1 Å². The van der Waals surface area contributed by atoms with Gasteiger partial charge in [0.25, 0.3) is 0 Å². The van der Waals surface area contributed by atoms with E-state index in [1.54, 1.807) is 12.1 Å². The molecule has 1 N–H and O–H groups in total. The Morgan fingerprint density at radius 3 is 2.35 bits per heavy atom. The maximum Gasteiger partial charge on any atom is 0.310 e. The molecule has 0 saturated carbocycles. The summed E-state index contributed by atoms with van der Waals surface area (Å²) in [5.74, 6) is -1.29. The summed E-state index contributed by atoms with van der Waals surface area (Å²) in [7, 11) is 0. The minimum absolute atomic E-state index is 0.148. The summed E-state index contributed by atoms with van der Waals surface area (Å²) in [5.41, 5.74) is 0.768. The van der Waals surface area contributed by atoms with Crippen LogP contribution < -0.4 is 0 Å². The molecule has 0 spiro atoms. The highest BCUT2D eigenvalue weighted by molar-refractivity contribution is 5.80. The summed E-state index contributed by atoms with van der Waals surface area (Å²) in [6.07, 6.45) is 2.10. The molecule has 0 aromatic heterocycles. The monoisotopic (exact) mass is 234 g/mol. The Morgan fingerprint density at radius 1 is 1.18 bits per heavy atom. The van der Waals surface area contributed by atoms with Crippen molar-refractivity contribution in [3.63, 3.8) is 0 Å². The number of carboxylic acid groups (broad SMARTS) is 1. The van der Waals surface area contributed by atoms with Crippen molar-refractivity contribution < 1.29 is 14.7 Å². The third kappa shape index (κ3) is 4.39. The molecule has 0 bridgehead atoms. The normalized spacial score (nSPS) is 12.1. The molecule has 0 fully saturated rings. The van der Waals surface area contributed by atoms with Crippen molar-refractivity contribution in [2.75, 3.05) is 0 Å². The topological polar surface area (TPSA) is 54.4 Å². The lowest BCUT2D eigenvalue weighted by Crippen LogP contribution is -2.13. The first-order valence-electron chi connectivity index (χ1n) is 5.94. The van der Waals surface area contributed by atoms with Gasteiger partial charge >= 0.3 is 5.97 Å². The Hall–Kier alpha value is -1.64. The fourth-order valence-electron chi connectivity index (χ4n) is 1.83. The van der Waals surface area contributed by atoms with E-state index in [2.05, 4.69) is 0 Å². The summed E-state index contributed by atoms with van der Waals surface area (Å²) in [6, 6.07) is 9.08. The fourth-order valence-corrected chi connectivity index (χ4v) is 1.83. The summed E-state index contributed by atoms with van der Waals surface area (Å²) >= 11 is 0. The van der Waals surface area contributed by atoms with Gasteiger partial charge in [-0.3, -0.25) is 9.59 Å². The second-order valence-corrected chi connectivity index (χ2v) is 4.13. The first kappa shape index (κ1) is 13.4. The highest BCUT2D eigenvalue weighted by atomic mass is 16.4. The third-order valence-corrected chi connectivity index (χ3v) is 2.74. The number of hydrogen-bond acceptors (Lipinski definition) is 2. The molecule has 0 saturated heterocycles. The van der Waals surface area contributed by atoms with Crippen LogP contribution in [0, 0.1) is 0 Å². The van der Waals surface area contributed by atoms with Crippen LogP contribution in [0.15, 0.2) is 30.3 Å². The molecule has 0 aliphatic rings. The van der Waals surface area contributed by atoms with Crippen molar-refractivity contribution in [2.24, 2.45) is 0 Å². The molecule has 0 radical (unpaired) electrons. The fraction of sp³-hybridized carbons (Fsp3) is 0.429. The first-order chi connectivity index (χ1) is 8.15. The number of aliphatic carboxylic acids is 1. The third-order valence-electron chi connectivity index (χ3n) is 2.74. The predicted octanol–water partition coefficient (Wildman–Crippen LogP) is 3.00. The van der Waals surface area contributed by atoms with E-state index in [9.17, 15) is 9.59 Å². The lowest BCUT2D eigenvalue weighted by molar-refractivity contribution is -0.139. The summed E-state index contributed by atoms with van der Waals surface area (Å²) in [6.45, 7) is 1.95. The summed E-state index contributed by atoms with van der Waals surface area (Å²) < 4.78 is 0. The van der Waals surface area contributed by atoms with Crippen LogP contribution in [0.2, 0.25) is 0 Å². The second-order valence-electron chi connectivity index (χ2n) is 4.13. The quantitative estimate of drug-likeness (QED) is 0.789. The van der Waals surface area contributed by atoms with Gasteiger partial charge in [0.05, 0.1) is 5.92 Å². The zero-order valence-corrected chi connectivity index (χ0v) is 10.1. The van der Waals surface area contributed by atoms with E-state index in [1.165, 1.54) is 0 Å². The second kappa shape index (κ2) is 6.84. The molecule has 92 valence electrons. The molecule has 1 unspecified atom stereocenters. The van der Waals surface area contributed by atoms with Crippen LogP contribution in [-0.2, 0) is 9.59 Å². The summed E-state index contributed by atoms with van der Waals surface area (Å²) in [5, 5.41) is 9.16. The van der Waals surface area contributed by atoms with E-state index in [4.69, 9.17) is 5.11 Å². The Morgan fingerprint density at radius 2 is 1.82 bits per heavy atom. The molecule has 3 nitrogen and oxygen atoms in total. The molecule has 1 aromatic carbocycles. The SMILES string of the molecule is CCCC(=O)CCC(C(=O)O)c1ccccc1. The van der Waals surface area contributed by atoms with Gasteiger partial charge in [-0.25, -0.2) is 0 Å². The number of carbonyl (C=O) groups is 2. The smallest absolute Gasteiger partial charge is 0.310 e. The van der Waals surface area contributed by atoms with Gasteiger partial charge in [0.2, 0.25) is 0 Å². The Kier molecular flexibility index (Phi) is 5.40. The molecule has 0 aliphatic carbocycles. The number of rotatable bonds is 7. The van der Waals surface area contributed by atoms with Gasteiger partial charge < -0.3 is 5.11 Å². The molecule has 1 aromatic rings. The van der Waals surface area contributed by atoms with Gasteiger partial charge in [-0.1, -0.05) is 37.3 Å². The average Bonchev–Trinajstić information content (AvgIpc) is 2.30. The minimum atomic E-state index is -0.861. The number of ketones is 1. The van der Waals surface area contributed by atoms with Crippen molar-refractivity contribution in [1.82, 2.24) is 0 Å². The molecule has 3 heteroatoms. The highest BCUT2D eigenvalue weighted by Gasteiger charge is 2.20. The molecule has 0 aliphatic heterocycles. The van der Waals surface area contributed by atoms with Crippen molar-refractivity contribution in [3.05, 3.63) is 35.9 Å². The van der Waals surface area contributed by atoms with Crippen LogP contribution in [0.1, 0.15) is 44.1 Å². The Bertz CT molecular complexity index is 370. The maximum absolute atomic E-state index is 11.4. The number of Topliss-reactive ketones (excluding diaryl/α,β-unsaturated/α-hetero) is 1. The molecule has 0 heterocycles. The zero-order chi connectivity index (χ0) is 12.7. The van der Waals surface area contributed by atoms with E-state index in [0.29, 0.717) is 19.3 Å². The van der Waals surface area contributed by atoms with E-state index >= 15 is 0 Å². The van der Waals surface area contributed by atoms with E-state index in [0.717, 1.165) is 12.0 Å². The van der Waals surface area contributed by atoms with E-state index < -0.39 is 11.9 Å². The van der Waals surface area contributed by atoms with Crippen molar-refractivity contribution in [2.45, 2.75) is 38.5 Å². The van der Waals surface area contributed by atoms with Crippen LogP contribution in [0.3, 0.4) is 0 Å². The van der Waals surface area contributed by atoms with Gasteiger partial charge in [0, 0.05) is 12.8 Å². The average molecular weight is 234 g/mol. The Balaban J connectivity index is 2.62. The Labute approximate surface area is 101 Å². The lowest BCUT2D eigenvalue weighted by atomic mass is 9.93. The number of benzene rings is 1. The van der Waals surface area contributed by atoms with Crippen LogP contribution in [0.5, 0.6) is 0 Å². The lowest BCUT2D eigenvalue weighted by Gasteiger charge is -2.11. The van der Waals surface area contributed by atoms with Crippen LogP contribution in [-0.4, -0.2) is 16.9 Å². The van der Waals surface area contributed by atoms with Crippen molar-refractivity contribution in [1.29, 1.82) is 0 Å². The first-order valence-corrected chi connectivity index (χ1v) is 5.94. The largest absolute Gasteiger partial charge is 0.481 e. The van der Waals surface area contributed by atoms with Crippen LogP contribution >= 0.6 is 0 Å². The predicted molar refractivity (Wildman–Crippen MR) is 66.0 cm³/mol. The number of hydrogen-bond donors (Lipinski definition) is 1. The van der Waals surface area contributed by atoms with Crippen LogP contribution in [0.4, 0.5) is 0 Å². The molecule has 17 heavy (non-hydrogen) atoms. The number of carboxylic acids is 1. The van der Waals surface area contributed by atoms with Crippen molar-refractivity contribution >= 4 is 11.8 Å². The van der Waals surface area contributed by atoms with Gasteiger partial charge in [0.15, 0.2) is 0 Å². The standard InChI is InChI=1S/C14H18O3/c1-2-6-12(15)9-10-13(14(16)17)11-7-4-3-5-8-11/h3-5,7-8,13H,2,6,9-10H2,1H3,(H,16,17). The van der Waals surface area contributed by atoms with E-state index in [-0.39, 0.29) is 5.78 Å². The highest BCUT2D eigenvalue weighted by Crippen LogP contribution is 2.21. The molecular formula is C14H18O3. The molecule has 1 rings (SSSR count). The van der Waals surface area contributed by atoms with Gasteiger partial charge in [-0.15, -0.1) is 0 Å². The van der Waals surface area contributed by atoms with Crippen molar-refractivity contribution in [3.8, 4) is 0 Å². The number of carbonyl (C=O) groups excluding carboxylic acids is 1. The molecular weight excluding hydrogens is 216 g/mol. The van der Waals surface area contributed by atoms with Gasteiger partial charge in [-0.2, -0.15) is 0 Å². The maximum atomic E-state index is 11.4. The zero-order valence-electron chi connectivity index (χ0n) is 10.1.